The topological polar surface area (TPSA) is 78.5 Å². The summed E-state index contributed by atoms with van der Waals surface area (Å²) in [5.74, 6) is -0.737. The van der Waals surface area contributed by atoms with E-state index in [4.69, 9.17) is 0 Å². The van der Waals surface area contributed by atoms with E-state index in [-0.39, 0.29) is 18.5 Å². The first kappa shape index (κ1) is 17.0. The lowest BCUT2D eigenvalue weighted by atomic mass is 9.92. The van der Waals surface area contributed by atoms with Crippen molar-refractivity contribution >= 4 is 17.8 Å². The number of nitrogens with zero attached hydrogens (tertiary/aromatic N) is 1. The second-order valence-corrected chi connectivity index (χ2v) is 6.07. The molecule has 0 spiro atoms. The van der Waals surface area contributed by atoms with E-state index in [2.05, 4.69) is 10.6 Å². The zero-order valence-electron chi connectivity index (χ0n) is 13.8. The molecular weight excluding hydrogens is 294 g/mol. The molecule has 0 saturated carbocycles. The maximum absolute atomic E-state index is 12.6. The van der Waals surface area contributed by atoms with Gasteiger partial charge >= 0.3 is 6.03 Å². The van der Waals surface area contributed by atoms with Crippen molar-refractivity contribution in [2.45, 2.75) is 45.2 Å². The molecule has 0 aromatic heterocycles. The van der Waals surface area contributed by atoms with Gasteiger partial charge in [-0.05, 0) is 25.8 Å². The van der Waals surface area contributed by atoms with Gasteiger partial charge in [-0.3, -0.25) is 14.5 Å². The first-order chi connectivity index (χ1) is 10.9. The predicted octanol–water partition coefficient (Wildman–Crippen LogP) is 1.76. The van der Waals surface area contributed by atoms with E-state index in [0.717, 1.165) is 17.7 Å². The predicted molar refractivity (Wildman–Crippen MR) is 86.6 cm³/mol. The van der Waals surface area contributed by atoms with Crippen LogP contribution in [0.25, 0.3) is 0 Å². The number of hydrogen-bond acceptors (Lipinski definition) is 3. The van der Waals surface area contributed by atoms with Gasteiger partial charge in [0, 0.05) is 6.04 Å². The van der Waals surface area contributed by atoms with Crippen molar-refractivity contribution in [1.29, 1.82) is 0 Å². The Morgan fingerprint density at radius 1 is 1.30 bits per heavy atom. The zero-order valence-corrected chi connectivity index (χ0v) is 13.8. The monoisotopic (exact) mass is 317 g/mol. The number of hydrogen-bond donors (Lipinski definition) is 2. The van der Waals surface area contributed by atoms with Gasteiger partial charge < -0.3 is 10.6 Å². The molecule has 2 N–H and O–H groups in total. The van der Waals surface area contributed by atoms with Crippen molar-refractivity contribution in [2.75, 3.05) is 6.54 Å². The van der Waals surface area contributed by atoms with Crippen LogP contribution in [0.3, 0.4) is 0 Å². The van der Waals surface area contributed by atoms with Crippen molar-refractivity contribution in [3.63, 3.8) is 0 Å². The molecule has 1 aliphatic rings. The Hall–Kier alpha value is -2.37. The smallest absolute Gasteiger partial charge is 0.325 e. The van der Waals surface area contributed by atoms with Crippen molar-refractivity contribution in [3.8, 4) is 0 Å². The molecule has 0 radical (unpaired) electrons. The summed E-state index contributed by atoms with van der Waals surface area (Å²) in [5, 5.41) is 5.49. The fourth-order valence-corrected chi connectivity index (χ4v) is 2.78. The fraction of sp³-hybridized carbons (Fsp3) is 0.471. The average Bonchev–Trinajstić information content (AvgIpc) is 2.73. The Kier molecular flexibility index (Phi) is 5.03. The Balaban J connectivity index is 2.09. The van der Waals surface area contributed by atoms with Crippen LogP contribution in [0, 0.1) is 0 Å². The first-order valence-corrected chi connectivity index (χ1v) is 7.87. The zero-order chi connectivity index (χ0) is 17.0. The summed E-state index contributed by atoms with van der Waals surface area (Å²) in [6, 6.07) is 8.50. The Morgan fingerprint density at radius 2 is 1.96 bits per heavy atom. The van der Waals surface area contributed by atoms with Gasteiger partial charge in [-0.1, -0.05) is 43.7 Å². The van der Waals surface area contributed by atoms with Crippen LogP contribution >= 0.6 is 0 Å². The molecule has 6 nitrogen and oxygen atoms in total. The van der Waals surface area contributed by atoms with Crippen molar-refractivity contribution in [3.05, 3.63) is 35.9 Å². The number of carbonyl (C=O) groups is 3. The van der Waals surface area contributed by atoms with Crippen LogP contribution in [0.2, 0.25) is 0 Å². The van der Waals surface area contributed by atoms with E-state index >= 15 is 0 Å². The maximum Gasteiger partial charge on any atom is 0.325 e. The third-order valence-corrected chi connectivity index (χ3v) is 4.06. The molecule has 1 fully saturated rings. The van der Waals surface area contributed by atoms with Crippen molar-refractivity contribution < 1.29 is 14.4 Å². The Labute approximate surface area is 136 Å². The number of nitrogens with one attached hydrogen (secondary N) is 2. The maximum atomic E-state index is 12.6. The van der Waals surface area contributed by atoms with Gasteiger partial charge in [0.15, 0.2) is 0 Å². The minimum absolute atomic E-state index is 0.0220. The molecule has 0 unspecified atom stereocenters. The number of carbonyl (C=O) groups excluding carboxylic acids is 3. The SMILES string of the molecule is CCC[C@@H](C)NC(=O)CN1C(=O)N[C@@](C)(c2ccccc2)C1=O. The second-order valence-electron chi connectivity index (χ2n) is 6.07. The quantitative estimate of drug-likeness (QED) is 0.785. The summed E-state index contributed by atoms with van der Waals surface area (Å²) in [6.45, 7) is 5.33. The minimum Gasteiger partial charge on any atom is -0.352 e. The van der Waals surface area contributed by atoms with E-state index in [0.29, 0.717) is 5.56 Å². The average molecular weight is 317 g/mol. The first-order valence-electron chi connectivity index (χ1n) is 7.87. The normalized spacial score (nSPS) is 22.0. The van der Waals surface area contributed by atoms with Crippen molar-refractivity contribution in [2.24, 2.45) is 0 Å². The molecule has 1 aromatic rings. The van der Waals surface area contributed by atoms with Crippen LogP contribution in [-0.4, -0.2) is 35.3 Å². The molecular formula is C17H23N3O3. The van der Waals surface area contributed by atoms with Gasteiger partial charge in [0.1, 0.15) is 12.1 Å². The highest BCUT2D eigenvalue weighted by Gasteiger charge is 2.49. The van der Waals surface area contributed by atoms with Crippen molar-refractivity contribution in [1.82, 2.24) is 15.5 Å². The standard InChI is InChI=1S/C17H23N3O3/c1-4-8-12(2)18-14(21)11-20-15(22)17(3,19-16(20)23)13-9-6-5-7-10-13/h5-7,9-10,12H,4,8,11H2,1-3H3,(H,18,21)(H,19,23)/t12-,17+/m1/s1. The van der Waals surface area contributed by atoms with Gasteiger partial charge in [0.2, 0.25) is 5.91 Å². The third kappa shape index (κ3) is 3.52. The van der Waals surface area contributed by atoms with E-state index in [1.165, 1.54) is 0 Å². The lowest BCUT2D eigenvalue weighted by Gasteiger charge is -2.22. The van der Waals surface area contributed by atoms with E-state index in [9.17, 15) is 14.4 Å². The van der Waals surface area contributed by atoms with E-state index in [1.807, 2.05) is 32.0 Å². The van der Waals surface area contributed by atoms with Gasteiger partial charge in [0.25, 0.3) is 5.91 Å². The second kappa shape index (κ2) is 6.81. The molecule has 23 heavy (non-hydrogen) atoms. The number of rotatable bonds is 6. The van der Waals surface area contributed by atoms with E-state index < -0.39 is 17.5 Å². The molecule has 1 saturated heterocycles. The summed E-state index contributed by atoms with van der Waals surface area (Å²) in [5.41, 5.74) is -0.436. The number of benzene rings is 1. The minimum atomic E-state index is -1.13. The molecule has 0 bridgehead atoms. The summed E-state index contributed by atoms with van der Waals surface area (Å²) in [6.07, 6.45) is 1.81. The molecule has 124 valence electrons. The number of urea groups is 1. The van der Waals surface area contributed by atoms with Crippen LogP contribution in [0.15, 0.2) is 30.3 Å². The molecule has 6 heteroatoms. The molecule has 0 aliphatic carbocycles. The van der Waals surface area contributed by atoms with Crippen LogP contribution in [0.1, 0.15) is 39.2 Å². The van der Waals surface area contributed by atoms with Crippen LogP contribution in [0.4, 0.5) is 4.79 Å². The molecule has 4 amide bonds. The number of amides is 4. The van der Waals surface area contributed by atoms with Crippen LogP contribution in [0.5, 0.6) is 0 Å². The molecule has 1 aliphatic heterocycles. The van der Waals surface area contributed by atoms with Crippen LogP contribution < -0.4 is 10.6 Å². The highest BCUT2D eigenvalue weighted by atomic mass is 16.2. The van der Waals surface area contributed by atoms with Gasteiger partial charge in [-0.2, -0.15) is 0 Å². The summed E-state index contributed by atoms with van der Waals surface area (Å²) < 4.78 is 0. The van der Waals surface area contributed by atoms with Gasteiger partial charge in [-0.25, -0.2) is 4.79 Å². The Morgan fingerprint density at radius 3 is 2.57 bits per heavy atom. The highest BCUT2D eigenvalue weighted by Crippen LogP contribution is 2.28. The lowest BCUT2D eigenvalue weighted by Crippen LogP contribution is -2.44. The van der Waals surface area contributed by atoms with E-state index in [1.54, 1.807) is 19.1 Å². The van der Waals surface area contributed by atoms with Crippen LogP contribution in [-0.2, 0) is 15.1 Å². The van der Waals surface area contributed by atoms with Gasteiger partial charge in [0.05, 0.1) is 0 Å². The summed E-state index contributed by atoms with van der Waals surface area (Å²) in [4.78, 5) is 37.8. The molecule has 2 rings (SSSR count). The fourth-order valence-electron chi connectivity index (χ4n) is 2.78. The highest BCUT2D eigenvalue weighted by molar-refractivity contribution is 6.09. The lowest BCUT2D eigenvalue weighted by molar-refractivity contribution is -0.135. The summed E-state index contributed by atoms with van der Waals surface area (Å²) >= 11 is 0. The third-order valence-electron chi connectivity index (χ3n) is 4.06. The molecule has 1 heterocycles. The summed E-state index contributed by atoms with van der Waals surface area (Å²) in [7, 11) is 0. The number of imide groups is 1. The molecule has 2 atom stereocenters. The Bertz CT molecular complexity index is 602. The largest absolute Gasteiger partial charge is 0.352 e. The van der Waals surface area contributed by atoms with Gasteiger partial charge in [-0.15, -0.1) is 0 Å². The molecule has 1 aromatic carbocycles.